The lowest BCUT2D eigenvalue weighted by Crippen LogP contribution is -1.86. The molecule has 0 saturated heterocycles. The van der Waals surface area contributed by atoms with Crippen molar-refractivity contribution in [3.63, 3.8) is 0 Å². The molecule has 2 N–H and O–H groups in total. The number of nitrogens with zero attached hydrogens (tertiary/aromatic N) is 1. The zero-order valence-corrected chi connectivity index (χ0v) is 9.87. The second kappa shape index (κ2) is 5.23. The van der Waals surface area contributed by atoms with Crippen molar-refractivity contribution in [2.45, 2.75) is 0 Å². The number of methoxy groups -OCH3 is 1. The zero-order valence-electron chi connectivity index (χ0n) is 9.87. The van der Waals surface area contributed by atoms with Crippen LogP contribution in [-0.2, 0) is 0 Å². The van der Waals surface area contributed by atoms with Gasteiger partial charge in [-0.2, -0.15) is 0 Å². The maximum atomic E-state index is 9.73. The summed E-state index contributed by atoms with van der Waals surface area (Å²) in [5.41, 5.74) is 1.30. The molecule has 0 bridgehead atoms. The summed E-state index contributed by atoms with van der Waals surface area (Å²) in [4.78, 5) is 4.20. The largest absolute Gasteiger partial charge is 0.508 e. The van der Waals surface area contributed by atoms with Gasteiger partial charge in [0.1, 0.15) is 17.2 Å². The highest BCUT2D eigenvalue weighted by Crippen LogP contribution is 2.23. The van der Waals surface area contributed by atoms with Crippen LogP contribution in [-0.4, -0.2) is 23.5 Å². The van der Waals surface area contributed by atoms with E-state index in [2.05, 4.69) is 4.99 Å². The molecule has 2 rings (SSSR count). The molecule has 92 valence electrons. The molecule has 0 aliphatic rings. The van der Waals surface area contributed by atoms with E-state index in [4.69, 9.17) is 9.84 Å². The molecular formula is C14H13NO3. The summed E-state index contributed by atoms with van der Waals surface area (Å²) in [5.74, 6) is 0.896. The minimum atomic E-state index is 0.108. The maximum Gasteiger partial charge on any atom is 0.128 e. The van der Waals surface area contributed by atoms with Gasteiger partial charge >= 0.3 is 0 Å². The number of aromatic hydroxyl groups is 2. The fourth-order valence-corrected chi connectivity index (χ4v) is 1.44. The highest BCUT2D eigenvalue weighted by Gasteiger charge is 2.00. The SMILES string of the molecule is COc1ccc(C=Nc2ccc(O)cc2)c(O)c1. The number of hydrogen-bond donors (Lipinski definition) is 2. The Labute approximate surface area is 105 Å². The molecule has 0 atom stereocenters. The van der Waals surface area contributed by atoms with Crippen molar-refractivity contribution in [1.82, 2.24) is 0 Å². The number of ether oxygens (including phenoxy) is 1. The number of rotatable bonds is 3. The van der Waals surface area contributed by atoms with Crippen molar-refractivity contribution in [2.75, 3.05) is 7.11 Å². The van der Waals surface area contributed by atoms with E-state index in [1.54, 1.807) is 49.7 Å². The second-order valence-electron chi connectivity index (χ2n) is 3.70. The predicted molar refractivity (Wildman–Crippen MR) is 70.0 cm³/mol. The first-order valence-corrected chi connectivity index (χ1v) is 5.39. The number of phenols is 2. The summed E-state index contributed by atoms with van der Waals surface area (Å²) in [5, 5.41) is 18.9. The van der Waals surface area contributed by atoms with Crippen molar-refractivity contribution >= 4 is 11.9 Å². The van der Waals surface area contributed by atoms with E-state index in [9.17, 15) is 5.11 Å². The van der Waals surface area contributed by atoms with Crippen LogP contribution in [0.3, 0.4) is 0 Å². The minimum Gasteiger partial charge on any atom is -0.508 e. The predicted octanol–water partition coefficient (Wildman–Crippen LogP) is 2.86. The Hall–Kier alpha value is -2.49. The smallest absolute Gasteiger partial charge is 0.128 e. The van der Waals surface area contributed by atoms with Crippen LogP contribution < -0.4 is 4.74 Å². The van der Waals surface area contributed by atoms with Crippen LogP contribution >= 0.6 is 0 Å². The molecule has 0 fully saturated rings. The van der Waals surface area contributed by atoms with Gasteiger partial charge in [-0.25, -0.2) is 0 Å². The molecule has 0 aliphatic heterocycles. The van der Waals surface area contributed by atoms with Crippen molar-refractivity contribution in [3.05, 3.63) is 48.0 Å². The monoisotopic (exact) mass is 243 g/mol. The van der Waals surface area contributed by atoms with Gasteiger partial charge in [0.25, 0.3) is 0 Å². The molecule has 0 spiro atoms. The van der Waals surface area contributed by atoms with Gasteiger partial charge in [0, 0.05) is 17.8 Å². The molecule has 0 radical (unpaired) electrons. The molecule has 4 nitrogen and oxygen atoms in total. The first kappa shape index (κ1) is 12.0. The van der Waals surface area contributed by atoms with E-state index in [-0.39, 0.29) is 11.5 Å². The number of phenolic OH excluding ortho intramolecular Hbond substituents is 2. The number of benzene rings is 2. The van der Waals surface area contributed by atoms with Gasteiger partial charge in [-0.05, 0) is 36.4 Å². The van der Waals surface area contributed by atoms with Crippen molar-refractivity contribution in [1.29, 1.82) is 0 Å². The van der Waals surface area contributed by atoms with Crippen LogP contribution in [0.25, 0.3) is 0 Å². The Bertz CT molecular complexity index is 562. The van der Waals surface area contributed by atoms with E-state index >= 15 is 0 Å². The molecule has 2 aromatic rings. The summed E-state index contributed by atoms with van der Waals surface area (Å²) in [6.07, 6.45) is 1.56. The van der Waals surface area contributed by atoms with Gasteiger partial charge in [0.2, 0.25) is 0 Å². The third-order valence-corrected chi connectivity index (χ3v) is 2.44. The standard InChI is InChI=1S/C14H13NO3/c1-18-13-7-2-10(14(17)8-13)9-15-11-3-5-12(16)6-4-11/h2-9,16-17H,1H3. The Morgan fingerprint density at radius 1 is 1.06 bits per heavy atom. The Morgan fingerprint density at radius 2 is 1.78 bits per heavy atom. The fraction of sp³-hybridized carbons (Fsp3) is 0.0714. The molecule has 0 aromatic heterocycles. The quantitative estimate of drug-likeness (QED) is 0.815. The van der Waals surface area contributed by atoms with E-state index in [1.807, 2.05) is 0 Å². The third-order valence-electron chi connectivity index (χ3n) is 2.44. The van der Waals surface area contributed by atoms with Crippen LogP contribution in [0, 0.1) is 0 Å². The minimum absolute atomic E-state index is 0.108. The highest BCUT2D eigenvalue weighted by atomic mass is 16.5. The molecule has 0 aliphatic carbocycles. The normalized spacial score (nSPS) is 10.7. The van der Waals surface area contributed by atoms with Crippen LogP contribution in [0.15, 0.2) is 47.5 Å². The molecule has 0 saturated carbocycles. The van der Waals surface area contributed by atoms with Gasteiger partial charge in [0.15, 0.2) is 0 Å². The van der Waals surface area contributed by atoms with E-state index < -0.39 is 0 Å². The fourth-order valence-electron chi connectivity index (χ4n) is 1.44. The Kier molecular flexibility index (Phi) is 3.48. The van der Waals surface area contributed by atoms with Crippen molar-refractivity contribution in [3.8, 4) is 17.2 Å². The Morgan fingerprint density at radius 3 is 2.39 bits per heavy atom. The summed E-state index contributed by atoms with van der Waals surface area (Å²) in [6.45, 7) is 0. The average molecular weight is 243 g/mol. The van der Waals surface area contributed by atoms with Crippen LogP contribution in [0.5, 0.6) is 17.2 Å². The number of hydrogen-bond acceptors (Lipinski definition) is 4. The lowest BCUT2D eigenvalue weighted by molar-refractivity contribution is 0.407. The van der Waals surface area contributed by atoms with Gasteiger partial charge in [0.05, 0.1) is 12.8 Å². The first-order valence-electron chi connectivity index (χ1n) is 5.39. The van der Waals surface area contributed by atoms with Crippen LogP contribution in [0.4, 0.5) is 5.69 Å². The van der Waals surface area contributed by atoms with Crippen LogP contribution in [0.2, 0.25) is 0 Å². The molecule has 0 amide bonds. The van der Waals surface area contributed by atoms with Gasteiger partial charge in [-0.15, -0.1) is 0 Å². The molecule has 0 heterocycles. The lowest BCUT2D eigenvalue weighted by atomic mass is 10.2. The number of aliphatic imine (C=N–C) groups is 1. The third kappa shape index (κ3) is 2.79. The lowest BCUT2D eigenvalue weighted by Gasteiger charge is -2.02. The molecule has 2 aromatic carbocycles. The summed E-state index contributed by atoms with van der Waals surface area (Å²) < 4.78 is 4.99. The van der Waals surface area contributed by atoms with E-state index in [0.717, 1.165) is 0 Å². The average Bonchev–Trinajstić information content (AvgIpc) is 2.39. The highest BCUT2D eigenvalue weighted by molar-refractivity contribution is 5.85. The first-order chi connectivity index (χ1) is 8.69. The molecule has 0 unspecified atom stereocenters. The second-order valence-corrected chi connectivity index (χ2v) is 3.70. The summed E-state index contributed by atoms with van der Waals surface area (Å²) >= 11 is 0. The van der Waals surface area contributed by atoms with Crippen LogP contribution in [0.1, 0.15) is 5.56 Å². The van der Waals surface area contributed by atoms with Gasteiger partial charge in [-0.1, -0.05) is 0 Å². The topological polar surface area (TPSA) is 62.0 Å². The summed E-state index contributed by atoms with van der Waals surface area (Å²) in [7, 11) is 1.54. The maximum absolute atomic E-state index is 9.73. The van der Waals surface area contributed by atoms with Gasteiger partial charge in [-0.3, -0.25) is 4.99 Å². The van der Waals surface area contributed by atoms with E-state index in [0.29, 0.717) is 17.0 Å². The van der Waals surface area contributed by atoms with Crippen molar-refractivity contribution < 1.29 is 14.9 Å². The molecule has 4 heteroatoms. The molecular weight excluding hydrogens is 230 g/mol. The zero-order chi connectivity index (χ0) is 13.0. The van der Waals surface area contributed by atoms with Gasteiger partial charge < -0.3 is 14.9 Å². The van der Waals surface area contributed by atoms with Crippen molar-refractivity contribution in [2.24, 2.45) is 4.99 Å². The van der Waals surface area contributed by atoms with E-state index in [1.165, 1.54) is 6.07 Å². The summed E-state index contributed by atoms with van der Waals surface area (Å²) in [6, 6.07) is 11.5. The Balaban J connectivity index is 2.20. The molecule has 18 heavy (non-hydrogen) atoms.